The third-order valence-electron chi connectivity index (χ3n) is 2.67. The van der Waals surface area contributed by atoms with E-state index < -0.39 is 0 Å². The minimum Gasteiger partial charge on any atom is -0.482 e. The van der Waals surface area contributed by atoms with E-state index in [1.807, 2.05) is 14.0 Å². The summed E-state index contributed by atoms with van der Waals surface area (Å²) in [7, 11) is 1.98. The van der Waals surface area contributed by atoms with Crippen LogP contribution in [0.4, 0.5) is 5.82 Å². The number of hydrogen-bond acceptors (Lipinski definition) is 4. The summed E-state index contributed by atoms with van der Waals surface area (Å²) in [4.78, 5) is 10.1. The Balaban J connectivity index is 2.50. The Labute approximate surface area is 87.9 Å². The number of ether oxygens (including phenoxy) is 1. The molecule has 2 rings (SSSR count). The Morgan fingerprint density at radius 2 is 2.14 bits per heavy atom. The first-order chi connectivity index (χ1) is 6.61. The molecule has 5 heteroatoms. The van der Waals surface area contributed by atoms with Crippen molar-refractivity contribution in [3.05, 3.63) is 11.5 Å². The summed E-state index contributed by atoms with van der Waals surface area (Å²) in [5, 5.41) is 0.376. The molecule has 76 valence electrons. The summed E-state index contributed by atoms with van der Waals surface area (Å²) >= 11 is 5.92. The average molecular weight is 214 g/mol. The van der Waals surface area contributed by atoms with Crippen molar-refractivity contribution in [1.29, 1.82) is 0 Å². The van der Waals surface area contributed by atoms with E-state index >= 15 is 0 Å². The molecule has 4 nitrogen and oxygen atoms in total. The zero-order chi connectivity index (χ0) is 10.3. The van der Waals surface area contributed by atoms with Gasteiger partial charge in [0, 0.05) is 7.05 Å². The lowest BCUT2D eigenvalue weighted by molar-refractivity contribution is 0.177. The van der Waals surface area contributed by atoms with E-state index in [1.165, 1.54) is 6.33 Å². The summed E-state index contributed by atoms with van der Waals surface area (Å²) in [5.74, 6) is 1.35. The van der Waals surface area contributed by atoms with Crippen LogP contribution in [0.1, 0.15) is 13.8 Å². The number of aromatic nitrogens is 2. The zero-order valence-electron chi connectivity index (χ0n) is 8.36. The van der Waals surface area contributed by atoms with E-state index in [9.17, 15) is 0 Å². The summed E-state index contributed by atoms with van der Waals surface area (Å²) in [6.45, 7) is 4.09. The fraction of sp³-hybridized carbons (Fsp3) is 0.556. The van der Waals surface area contributed by atoms with Gasteiger partial charge in [-0.2, -0.15) is 0 Å². The van der Waals surface area contributed by atoms with E-state index in [0.29, 0.717) is 10.9 Å². The normalized spacial score (nSPS) is 25.6. The second kappa shape index (κ2) is 3.28. The maximum atomic E-state index is 5.92. The smallest absolute Gasteiger partial charge is 0.199 e. The Morgan fingerprint density at radius 1 is 1.43 bits per heavy atom. The molecule has 2 atom stereocenters. The maximum absolute atomic E-state index is 5.92. The molecule has 0 bridgehead atoms. The van der Waals surface area contributed by atoms with Gasteiger partial charge in [-0.3, -0.25) is 0 Å². The van der Waals surface area contributed by atoms with Gasteiger partial charge in [-0.05, 0) is 13.8 Å². The van der Waals surface area contributed by atoms with Crippen LogP contribution in [0.15, 0.2) is 6.33 Å². The fourth-order valence-electron chi connectivity index (χ4n) is 1.49. The van der Waals surface area contributed by atoms with Crippen LogP contribution >= 0.6 is 11.6 Å². The minimum atomic E-state index is 0.0935. The van der Waals surface area contributed by atoms with Gasteiger partial charge in [0.2, 0.25) is 0 Å². The van der Waals surface area contributed by atoms with Gasteiger partial charge in [0.1, 0.15) is 12.4 Å². The van der Waals surface area contributed by atoms with Gasteiger partial charge in [-0.1, -0.05) is 11.6 Å². The molecule has 2 heterocycles. The number of hydrogen-bond donors (Lipinski definition) is 0. The van der Waals surface area contributed by atoms with Crippen LogP contribution in [0.25, 0.3) is 0 Å². The molecule has 0 saturated carbocycles. The molecule has 1 aliphatic rings. The number of halogens is 1. The van der Waals surface area contributed by atoms with Gasteiger partial charge < -0.3 is 9.64 Å². The Hall–Kier alpha value is -1.03. The number of fused-ring (bicyclic) bond motifs is 1. The van der Waals surface area contributed by atoms with Crippen LogP contribution in [0.5, 0.6) is 5.75 Å². The van der Waals surface area contributed by atoms with Crippen LogP contribution < -0.4 is 9.64 Å². The number of likely N-dealkylation sites (N-methyl/N-ethyl adjacent to an activating group) is 1. The SMILES string of the molecule is CC1Oc2c(Cl)ncnc2N(C)C1C. The average Bonchev–Trinajstić information content (AvgIpc) is 2.17. The summed E-state index contributed by atoms with van der Waals surface area (Å²) in [6.07, 6.45) is 1.54. The predicted molar refractivity (Wildman–Crippen MR) is 55.0 cm³/mol. The Morgan fingerprint density at radius 3 is 2.86 bits per heavy atom. The Bertz CT molecular complexity index is 358. The first-order valence-corrected chi connectivity index (χ1v) is 4.89. The van der Waals surface area contributed by atoms with Crippen LogP contribution in [-0.4, -0.2) is 29.2 Å². The van der Waals surface area contributed by atoms with Gasteiger partial charge in [0.15, 0.2) is 16.7 Å². The van der Waals surface area contributed by atoms with E-state index in [4.69, 9.17) is 16.3 Å². The van der Waals surface area contributed by atoms with Crippen molar-refractivity contribution in [2.45, 2.75) is 26.0 Å². The van der Waals surface area contributed by atoms with Crippen LogP contribution in [0, 0.1) is 0 Å². The van der Waals surface area contributed by atoms with Crippen molar-refractivity contribution in [2.24, 2.45) is 0 Å². The molecule has 0 spiro atoms. The fourth-order valence-corrected chi connectivity index (χ4v) is 1.66. The van der Waals surface area contributed by atoms with Crippen molar-refractivity contribution >= 4 is 17.4 Å². The second-order valence-electron chi connectivity index (χ2n) is 3.49. The van der Waals surface area contributed by atoms with Crippen LogP contribution in [-0.2, 0) is 0 Å². The molecule has 0 fully saturated rings. The van der Waals surface area contributed by atoms with Crippen LogP contribution in [0.3, 0.4) is 0 Å². The molecule has 0 N–H and O–H groups in total. The van der Waals surface area contributed by atoms with Crippen molar-refractivity contribution in [3.8, 4) is 5.75 Å². The molecule has 0 amide bonds. The van der Waals surface area contributed by atoms with Gasteiger partial charge in [0.25, 0.3) is 0 Å². The number of anilines is 1. The first kappa shape index (κ1) is 9.52. The summed E-state index contributed by atoms with van der Waals surface area (Å²) in [6, 6.07) is 0.286. The summed E-state index contributed by atoms with van der Waals surface area (Å²) in [5.41, 5.74) is 0. The van der Waals surface area contributed by atoms with E-state index in [-0.39, 0.29) is 12.1 Å². The van der Waals surface area contributed by atoms with Crippen LogP contribution in [0.2, 0.25) is 5.15 Å². The summed E-state index contributed by atoms with van der Waals surface area (Å²) < 4.78 is 5.65. The highest BCUT2D eigenvalue weighted by atomic mass is 35.5. The largest absolute Gasteiger partial charge is 0.482 e. The van der Waals surface area contributed by atoms with Crippen molar-refractivity contribution in [3.63, 3.8) is 0 Å². The number of nitrogens with zero attached hydrogens (tertiary/aromatic N) is 3. The van der Waals surface area contributed by atoms with Crippen molar-refractivity contribution in [1.82, 2.24) is 9.97 Å². The van der Waals surface area contributed by atoms with Gasteiger partial charge in [0.05, 0.1) is 6.04 Å². The molecule has 0 radical (unpaired) electrons. The zero-order valence-corrected chi connectivity index (χ0v) is 9.12. The topological polar surface area (TPSA) is 38.3 Å². The molecule has 14 heavy (non-hydrogen) atoms. The lowest BCUT2D eigenvalue weighted by atomic mass is 10.1. The molecule has 0 aromatic carbocycles. The number of rotatable bonds is 0. The molecule has 1 aliphatic heterocycles. The van der Waals surface area contributed by atoms with E-state index in [1.54, 1.807) is 0 Å². The lowest BCUT2D eigenvalue weighted by Gasteiger charge is -2.37. The monoisotopic (exact) mass is 213 g/mol. The van der Waals surface area contributed by atoms with E-state index in [2.05, 4.69) is 21.8 Å². The molecule has 0 saturated heterocycles. The molecule has 1 aromatic rings. The highest BCUT2D eigenvalue weighted by Crippen LogP contribution is 2.37. The molecule has 2 unspecified atom stereocenters. The van der Waals surface area contributed by atoms with Gasteiger partial charge in [-0.25, -0.2) is 9.97 Å². The second-order valence-corrected chi connectivity index (χ2v) is 3.85. The molecule has 1 aromatic heterocycles. The third kappa shape index (κ3) is 1.30. The molecular formula is C9H12ClN3O. The minimum absolute atomic E-state index is 0.0935. The van der Waals surface area contributed by atoms with Gasteiger partial charge in [-0.15, -0.1) is 0 Å². The standard InChI is InChI=1S/C9H12ClN3O/c1-5-6(2)14-7-8(10)11-4-12-9(7)13(5)3/h4-6H,1-3H3. The van der Waals surface area contributed by atoms with E-state index in [0.717, 1.165) is 5.82 Å². The highest BCUT2D eigenvalue weighted by molar-refractivity contribution is 6.31. The highest BCUT2D eigenvalue weighted by Gasteiger charge is 2.30. The molecular weight excluding hydrogens is 202 g/mol. The predicted octanol–water partition coefficient (Wildman–Crippen LogP) is 1.74. The maximum Gasteiger partial charge on any atom is 0.199 e. The van der Waals surface area contributed by atoms with Crippen molar-refractivity contribution < 1.29 is 4.74 Å². The molecule has 0 aliphatic carbocycles. The first-order valence-electron chi connectivity index (χ1n) is 4.51. The lowest BCUT2D eigenvalue weighted by Crippen LogP contribution is -2.44. The van der Waals surface area contributed by atoms with Crippen molar-refractivity contribution in [2.75, 3.05) is 11.9 Å². The Kier molecular flexibility index (Phi) is 2.23. The van der Waals surface area contributed by atoms with Gasteiger partial charge >= 0.3 is 0 Å². The quantitative estimate of drug-likeness (QED) is 0.616. The third-order valence-corrected chi connectivity index (χ3v) is 2.94.